The Labute approximate surface area is 119 Å². The number of benzene rings is 1. The van der Waals surface area contributed by atoms with E-state index in [0.29, 0.717) is 24.1 Å². The molecule has 1 aromatic rings. The first kappa shape index (κ1) is 14.8. The Morgan fingerprint density at radius 2 is 2.21 bits per heavy atom. The van der Waals surface area contributed by atoms with Gasteiger partial charge < -0.3 is 5.73 Å². The molecule has 2 nitrogen and oxygen atoms in total. The van der Waals surface area contributed by atoms with Crippen LogP contribution in [0.15, 0.2) is 18.2 Å². The summed E-state index contributed by atoms with van der Waals surface area (Å²) in [5, 5.41) is 0.197. The van der Waals surface area contributed by atoms with Gasteiger partial charge in [-0.1, -0.05) is 23.7 Å². The molecule has 2 rings (SSSR count). The third-order valence-corrected chi connectivity index (χ3v) is 4.35. The second-order valence-corrected chi connectivity index (χ2v) is 5.96. The molecule has 0 amide bonds. The molecule has 2 N–H and O–H groups in total. The average Bonchev–Trinajstić information content (AvgIpc) is 2.41. The van der Waals surface area contributed by atoms with E-state index in [1.165, 1.54) is 0 Å². The number of piperidine rings is 1. The van der Waals surface area contributed by atoms with Gasteiger partial charge in [0.05, 0.1) is 5.02 Å². The topological polar surface area (TPSA) is 29.3 Å². The minimum absolute atomic E-state index is 0.0393. The van der Waals surface area contributed by atoms with E-state index in [0.717, 1.165) is 19.4 Å². The Bertz CT molecular complexity index is 436. The van der Waals surface area contributed by atoms with E-state index in [1.807, 2.05) is 12.1 Å². The molecule has 0 radical (unpaired) electrons. The zero-order chi connectivity index (χ0) is 14.0. The Hall–Kier alpha value is -0.640. The van der Waals surface area contributed by atoms with E-state index < -0.39 is 0 Å². The molecular formula is C15H22ClFN2. The highest BCUT2D eigenvalue weighted by Gasteiger charge is 2.35. The van der Waals surface area contributed by atoms with E-state index >= 15 is 0 Å². The highest BCUT2D eigenvalue weighted by molar-refractivity contribution is 6.30. The number of hydrogen-bond donors (Lipinski definition) is 1. The first-order valence-electron chi connectivity index (χ1n) is 6.96. The Morgan fingerprint density at radius 1 is 1.47 bits per heavy atom. The van der Waals surface area contributed by atoms with Gasteiger partial charge in [-0.25, -0.2) is 4.39 Å². The van der Waals surface area contributed by atoms with Crippen molar-refractivity contribution in [2.24, 2.45) is 11.7 Å². The molecule has 1 aliphatic rings. The fourth-order valence-electron chi connectivity index (χ4n) is 3.11. The number of hydrogen-bond acceptors (Lipinski definition) is 2. The highest BCUT2D eigenvalue weighted by atomic mass is 35.5. The molecule has 1 heterocycles. The lowest BCUT2D eigenvalue weighted by Gasteiger charge is -2.43. The first-order valence-corrected chi connectivity index (χ1v) is 7.33. The zero-order valence-electron chi connectivity index (χ0n) is 11.6. The second-order valence-electron chi connectivity index (χ2n) is 5.56. The first-order chi connectivity index (χ1) is 9.06. The van der Waals surface area contributed by atoms with Crippen LogP contribution in [0.2, 0.25) is 5.02 Å². The number of halogens is 2. The van der Waals surface area contributed by atoms with E-state index in [1.54, 1.807) is 6.07 Å². The minimum Gasteiger partial charge on any atom is -0.330 e. The Morgan fingerprint density at radius 3 is 2.84 bits per heavy atom. The lowest BCUT2D eigenvalue weighted by atomic mass is 9.83. The van der Waals surface area contributed by atoms with E-state index in [9.17, 15) is 4.39 Å². The van der Waals surface area contributed by atoms with Crippen LogP contribution in [0.25, 0.3) is 0 Å². The van der Waals surface area contributed by atoms with Crippen LogP contribution in [0.4, 0.5) is 4.39 Å². The van der Waals surface area contributed by atoms with Crippen LogP contribution in [-0.2, 0) is 0 Å². The van der Waals surface area contributed by atoms with Crippen LogP contribution in [0.1, 0.15) is 38.3 Å². The van der Waals surface area contributed by atoms with Crippen molar-refractivity contribution in [3.63, 3.8) is 0 Å². The predicted octanol–water partition coefficient (Wildman–Crippen LogP) is 3.60. The highest BCUT2D eigenvalue weighted by Crippen LogP contribution is 2.39. The predicted molar refractivity (Wildman–Crippen MR) is 77.8 cm³/mol. The molecule has 0 aromatic heterocycles. The van der Waals surface area contributed by atoms with E-state index in [4.69, 9.17) is 17.3 Å². The summed E-state index contributed by atoms with van der Waals surface area (Å²) >= 11 is 5.93. The van der Waals surface area contributed by atoms with Gasteiger partial charge in [-0.15, -0.1) is 0 Å². The van der Waals surface area contributed by atoms with Crippen LogP contribution in [0.5, 0.6) is 0 Å². The van der Waals surface area contributed by atoms with Gasteiger partial charge in [0.15, 0.2) is 0 Å². The van der Waals surface area contributed by atoms with E-state index in [-0.39, 0.29) is 16.9 Å². The molecule has 1 saturated heterocycles. The normalized spacial score (nSPS) is 24.9. The zero-order valence-corrected chi connectivity index (χ0v) is 12.3. The Balaban J connectivity index is 2.42. The molecule has 106 valence electrons. The molecule has 1 fully saturated rings. The fourth-order valence-corrected chi connectivity index (χ4v) is 3.29. The summed E-state index contributed by atoms with van der Waals surface area (Å²) < 4.78 is 14.3. The van der Waals surface area contributed by atoms with Gasteiger partial charge in [-0.2, -0.15) is 0 Å². The van der Waals surface area contributed by atoms with Crippen molar-refractivity contribution in [2.75, 3.05) is 13.1 Å². The summed E-state index contributed by atoms with van der Waals surface area (Å²) in [6.07, 6.45) is 2.18. The van der Waals surface area contributed by atoms with Crippen molar-refractivity contribution >= 4 is 11.6 Å². The average molecular weight is 285 g/mol. The molecule has 0 spiro atoms. The van der Waals surface area contributed by atoms with Gasteiger partial charge in [-0.05, 0) is 51.8 Å². The van der Waals surface area contributed by atoms with Crippen molar-refractivity contribution in [3.8, 4) is 0 Å². The van der Waals surface area contributed by atoms with Gasteiger partial charge in [0.2, 0.25) is 0 Å². The van der Waals surface area contributed by atoms with Crippen LogP contribution in [-0.4, -0.2) is 24.0 Å². The lowest BCUT2D eigenvalue weighted by molar-refractivity contribution is 0.0642. The molecular weight excluding hydrogens is 263 g/mol. The van der Waals surface area contributed by atoms with Crippen molar-refractivity contribution in [2.45, 2.75) is 38.8 Å². The van der Waals surface area contributed by atoms with Gasteiger partial charge in [0, 0.05) is 17.6 Å². The summed E-state index contributed by atoms with van der Waals surface area (Å²) in [5.74, 6) is 0.00397. The molecule has 1 aromatic carbocycles. The third kappa shape index (κ3) is 2.93. The maximum Gasteiger partial charge on any atom is 0.146 e. The minimum atomic E-state index is -0.292. The maximum absolute atomic E-state index is 14.3. The van der Waals surface area contributed by atoms with Gasteiger partial charge >= 0.3 is 0 Å². The number of nitrogens with two attached hydrogens (primary N) is 1. The van der Waals surface area contributed by atoms with E-state index in [2.05, 4.69) is 18.7 Å². The van der Waals surface area contributed by atoms with Crippen molar-refractivity contribution in [1.82, 2.24) is 4.90 Å². The molecule has 1 aliphatic heterocycles. The summed E-state index contributed by atoms with van der Waals surface area (Å²) in [5.41, 5.74) is 6.59. The monoisotopic (exact) mass is 284 g/mol. The lowest BCUT2D eigenvalue weighted by Crippen LogP contribution is -2.45. The molecule has 0 bridgehead atoms. The number of likely N-dealkylation sites (tertiary alicyclic amines) is 1. The smallest absolute Gasteiger partial charge is 0.146 e. The van der Waals surface area contributed by atoms with Gasteiger partial charge in [0.1, 0.15) is 5.82 Å². The molecule has 0 aliphatic carbocycles. The second kappa shape index (κ2) is 6.21. The summed E-state index contributed by atoms with van der Waals surface area (Å²) in [6, 6.07) is 5.67. The summed E-state index contributed by atoms with van der Waals surface area (Å²) in [7, 11) is 0. The number of rotatable bonds is 3. The largest absolute Gasteiger partial charge is 0.330 e. The summed E-state index contributed by atoms with van der Waals surface area (Å²) in [4.78, 5) is 2.34. The van der Waals surface area contributed by atoms with Crippen LogP contribution in [0.3, 0.4) is 0 Å². The van der Waals surface area contributed by atoms with Crippen molar-refractivity contribution in [3.05, 3.63) is 34.6 Å². The van der Waals surface area contributed by atoms with Crippen LogP contribution >= 0.6 is 11.6 Å². The molecule has 19 heavy (non-hydrogen) atoms. The molecule has 2 unspecified atom stereocenters. The van der Waals surface area contributed by atoms with Gasteiger partial charge in [0.25, 0.3) is 0 Å². The third-order valence-electron chi connectivity index (χ3n) is 4.06. The standard InChI is InChI=1S/C15H22ClFN2/c1-10(2)19-8-4-5-11(9-18)15(19)12-6-3-7-13(16)14(12)17/h3,6-7,10-11,15H,4-5,8-9,18H2,1-2H3. The summed E-state index contributed by atoms with van der Waals surface area (Å²) in [6.45, 7) is 5.87. The SMILES string of the molecule is CC(C)N1CCCC(CN)C1c1cccc(Cl)c1F. The number of nitrogens with zero attached hydrogens (tertiary/aromatic N) is 1. The molecule has 4 heteroatoms. The molecule has 0 saturated carbocycles. The van der Waals surface area contributed by atoms with Crippen LogP contribution in [0, 0.1) is 11.7 Å². The van der Waals surface area contributed by atoms with Crippen LogP contribution < -0.4 is 5.73 Å². The maximum atomic E-state index is 14.3. The quantitative estimate of drug-likeness (QED) is 0.919. The van der Waals surface area contributed by atoms with Gasteiger partial charge in [-0.3, -0.25) is 4.90 Å². The molecule has 2 atom stereocenters. The fraction of sp³-hybridized carbons (Fsp3) is 0.600. The Kier molecular flexibility index (Phi) is 4.82. The van der Waals surface area contributed by atoms with Crippen molar-refractivity contribution < 1.29 is 4.39 Å². The van der Waals surface area contributed by atoms with Crippen molar-refractivity contribution in [1.29, 1.82) is 0 Å².